The second-order valence-electron chi connectivity index (χ2n) is 14.0. The maximum absolute atomic E-state index is 14.1. The summed E-state index contributed by atoms with van der Waals surface area (Å²) in [5.41, 5.74) is 1.33. The van der Waals surface area contributed by atoms with Gasteiger partial charge in [-0.2, -0.15) is 0 Å². The van der Waals surface area contributed by atoms with Gasteiger partial charge in [-0.15, -0.1) is 11.8 Å². The summed E-state index contributed by atoms with van der Waals surface area (Å²) in [6.45, 7) is 8.96. The third-order valence-electron chi connectivity index (χ3n) is 10.4. The van der Waals surface area contributed by atoms with Gasteiger partial charge in [-0.1, -0.05) is 26.0 Å². The number of benzene rings is 1. The fraction of sp³-hybridized carbons (Fsp3) is 0.595. The van der Waals surface area contributed by atoms with Gasteiger partial charge in [0, 0.05) is 42.3 Å². The molecule has 2 aliphatic heterocycles. The van der Waals surface area contributed by atoms with Crippen molar-refractivity contribution in [2.24, 2.45) is 28.7 Å². The fourth-order valence-electron chi connectivity index (χ4n) is 7.30. The number of hydrogen-bond donors (Lipinski definition) is 1. The van der Waals surface area contributed by atoms with Gasteiger partial charge in [-0.3, -0.25) is 14.6 Å². The third kappa shape index (κ3) is 6.67. The number of rotatable bonds is 7. The second-order valence-corrected chi connectivity index (χ2v) is 15.0. The van der Waals surface area contributed by atoms with Crippen molar-refractivity contribution in [3.8, 4) is 11.5 Å². The molecule has 1 unspecified atom stereocenters. The molecule has 1 N–H and O–H groups in total. The van der Waals surface area contributed by atoms with Gasteiger partial charge in [0.25, 0.3) is 0 Å². The van der Waals surface area contributed by atoms with E-state index in [9.17, 15) is 14.4 Å². The Morgan fingerprint density at radius 1 is 1.17 bits per heavy atom. The van der Waals surface area contributed by atoms with E-state index in [2.05, 4.69) is 25.2 Å². The lowest BCUT2D eigenvalue weighted by atomic mass is 9.93. The van der Waals surface area contributed by atoms with Crippen LogP contribution in [-0.2, 0) is 19.1 Å². The molecular weight excluding hydrogens is 628 g/mol. The van der Waals surface area contributed by atoms with Gasteiger partial charge in [0.15, 0.2) is 0 Å². The number of aryl methyl sites for hydroxylation is 1. The molecule has 0 radical (unpaired) electrons. The first-order valence-corrected chi connectivity index (χ1v) is 18.3. The molecular formula is C37H48N4O6S. The predicted molar refractivity (Wildman–Crippen MR) is 188 cm³/mol. The Morgan fingerprint density at radius 2 is 1.96 bits per heavy atom. The molecule has 1 aromatic heterocycles. The van der Waals surface area contributed by atoms with E-state index in [4.69, 9.17) is 24.2 Å². The standard InChI is InChI=1S/C37H48N4O6S/c1-7-46-36(44)37-19-23(37)12-10-8-9-11-15-41(5)35(43)27-17-24(16-26(27)33(42)40-37)47-31-18-28(34-39-29(20-48-34)21(2)3)38-32-22(4)30(45-6)14-13-25(31)32/h10,12-14,18,21,23-24,26-27,29H,7-9,11,15-17,19-20H2,1-6H3,(H,40,42)/b12-10-/t23-,24-,26-,27-,29?,37-/m1/s1. The quantitative estimate of drug-likeness (QED) is 0.303. The van der Waals surface area contributed by atoms with Gasteiger partial charge in [0.05, 0.1) is 42.8 Å². The SMILES string of the molecule is CCOC(=O)[C@@]12C[C@H]1/C=C\CCCCN(C)C(=O)[C@@H]1C[C@H](Oc3cc(C4=NC(C(C)C)CS4)nc4c(C)c(OC)ccc34)C[C@H]1C(=O)N2. The van der Waals surface area contributed by atoms with Crippen LogP contribution in [0.5, 0.6) is 11.5 Å². The number of nitrogens with zero attached hydrogens (tertiary/aromatic N) is 3. The zero-order chi connectivity index (χ0) is 34.2. The molecule has 6 atom stereocenters. The van der Waals surface area contributed by atoms with Crippen LogP contribution in [0.4, 0.5) is 0 Å². The number of nitrogens with one attached hydrogen (secondary N) is 1. The van der Waals surface area contributed by atoms with Crippen LogP contribution < -0.4 is 14.8 Å². The van der Waals surface area contributed by atoms with E-state index >= 15 is 0 Å². The van der Waals surface area contributed by atoms with Crippen molar-refractivity contribution in [1.29, 1.82) is 0 Å². The second kappa shape index (κ2) is 14.1. The molecule has 3 heterocycles. The molecule has 2 saturated carbocycles. The maximum atomic E-state index is 14.1. The fourth-order valence-corrected chi connectivity index (χ4v) is 8.55. The van der Waals surface area contributed by atoms with Crippen LogP contribution in [0.1, 0.15) is 70.6 Å². The smallest absolute Gasteiger partial charge is 0.332 e. The first-order valence-electron chi connectivity index (χ1n) is 17.3. The number of fused-ring (bicyclic) bond motifs is 3. The number of thioether (sulfide) groups is 1. The molecule has 2 fully saturated rings. The average Bonchev–Trinajstić information content (AvgIpc) is 3.37. The van der Waals surface area contributed by atoms with Gasteiger partial charge in [0.1, 0.15) is 28.2 Å². The number of aromatic nitrogens is 1. The molecule has 2 aliphatic carbocycles. The molecule has 1 aromatic carbocycles. The highest BCUT2D eigenvalue weighted by Crippen LogP contribution is 2.47. The number of carbonyl (C=O) groups is 3. The van der Waals surface area contributed by atoms with Crippen LogP contribution in [0.25, 0.3) is 10.9 Å². The van der Waals surface area contributed by atoms with E-state index in [1.165, 1.54) is 0 Å². The zero-order valence-electron chi connectivity index (χ0n) is 28.9. The van der Waals surface area contributed by atoms with Crippen molar-refractivity contribution in [3.63, 3.8) is 0 Å². The Labute approximate surface area is 287 Å². The van der Waals surface area contributed by atoms with Gasteiger partial charge < -0.3 is 24.4 Å². The molecule has 2 amide bonds. The number of pyridine rings is 1. The summed E-state index contributed by atoms with van der Waals surface area (Å²) in [5.74, 6) is 0.566. The van der Waals surface area contributed by atoms with Crippen LogP contribution in [-0.4, -0.2) is 83.5 Å². The molecule has 6 rings (SSSR count). The molecule has 0 saturated heterocycles. The summed E-state index contributed by atoms with van der Waals surface area (Å²) in [6.07, 6.45) is 7.57. The number of ether oxygens (including phenoxy) is 3. The largest absolute Gasteiger partial charge is 0.496 e. The lowest BCUT2D eigenvalue weighted by Gasteiger charge is -2.26. The predicted octanol–water partition coefficient (Wildman–Crippen LogP) is 5.48. The highest BCUT2D eigenvalue weighted by Gasteiger charge is 2.62. The van der Waals surface area contributed by atoms with Crippen molar-refractivity contribution in [3.05, 3.63) is 41.6 Å². The molecule has 2 aromatic rings. The van der Waals surface area contributed by atoms with E-state index in [1.807, 2.05) is 38.2 Å². The van der Waals surface area contributed by atoms with Crippen molar-refractivity contribution in [2.75, 3.05) is 33.1 Å². The Bertz CT molecular complexity index is 1640. The van der Waals surface area contributed by atoms with E-state index in [1.54, 1.807) is 30.7 Å². The van der Waals surface area contributed by atoms with E-state index in [0.717, 1.165) is 58.0 Å². The average molecular weight is 677 g/mol. The number of aliphatic imine (C=N–C) groups is 1. The summed E-state index contributed by atoms with van der Waals surface area (Å²) < 4.78 is 17.8. The van der Waals surface area contributed by atoms with Crippen molar-refractivity contribution in [2.45, 2.75) is 83.9 Å². The molecule has 0 bridgehead atoms. The highest BCUT2D eigenvalue weighted by molar-refractivity contribution is 8.14. The summed E-state index contributed by atoms with van der Waals surface area (Å²) in [6, 6.07) is 6.04. The molecule has 258 valence electrons. The minimum Gasteiger partial charge on any atom is -0.496 e. The van der Waals surface area contributed by atoms with Crippen LogP contribution in [0, 0.1) is 30.6 Å². The topological polar surface area (TPSA) is 119 Å². The molecule has 4 aliphatic rings. The maximum Gasteiger partial charge on any atom is 0.332 e. The zero-order valence-corrected chi connectivity index (χ0v) is 29.7. The van der Waals surface area contributed by atoms with Crippen molar-refractivity contribution >= 4 is 45.5 Å². The minimum atomic E-state index is -1.09. The molecule has 11 heteroatoms. The first kappa shape index (κ1) is 34.3. The Kier molecular flexibility index (Phi) is 10.1. The van der Waals surface area contributed by atoms with E-state index in [-0.39, 0.29) is 30.4 Å². The Morgan fingerprint density at radius 3 is 2.69 bits per heavy atom. The molecule has 0 spiro atoms. The molecule has 10 nitrogen and oxygen atoms in total. The number of amides is 2. The highest BCUT2D eigenvalue weighted by atomic mass is 32.2. The Balaban J connectivity index is 1.33. The lowest BCUT2D eigenvalue weighted by Crippen LogP contribution is -2.50. The third-order valence-corrected chi connectivity index (χ3v) is 11.5. The normalized spacial score (nSPS) is 29.9. The van der Waals surface area contributed by atoms with Crippen LogP contribution in [0.3, 0.4) is 0 Å². The van der Waals surface area contributed by atoms with Gasteiger partial charge in [-0.05, 0) is 70.4 Å². The summed E-state index contributed by atoms with van der Waals surface area (Å²) in [7, 11) is 3.46. The van der Waals surface area contributed by atoms with Gasteiger partial charge >= 0.3 is 5.97 Å². The number of carbonyl (C=O) groups excluding carboxylic acids is 3. The van der Waals surface area contributed by atoms with Crippen LogP contribution in [0.2, 0.25) is 0 Å². The lowest BCUT2D eigenvalue weighted by molar-refractivity contribution is -0.150. The number of esters is 1. The number of methoxy groups -OCH3 is 1. The van der Waals surface area contributed by atoms with E-state index < -0.39 is 29.4 Å². The molecule has 48 heavy (non-hydrogen) atoms. The Hall–Kier alpha value is -3.60. The monoisotopic (exact) mass is 676 g/mol. The summed E-state index contributed by atoms with van der Waals surface area (Å²) in [4.78, 5) is 53.0. The van der Waals surface area contributed by atoms with E-state index in [0.29, 0.717) is 37.5 Å². The minimum absolute atomic E-state index is 0.0660. The van der Waals surface area contributed by atoms with Gasteiger partial charge in [0.2, 0.25) is 11.8 Å². The van der Waals surface area contributed by atoms with Crippen molar-refractivity contribution in [1.82, 2.24) is 15.2 Å². The van der Waals surface area contributed by atoms with Crippen LogP contribution >= 0.6 is 11.8 Å². The van der Waals surface area contributed by atoms with Crippen LogP contribution in [0.15, 0.2) is 35.3 Å². The van der Waals surface area contributed by atoms with Gasteiger partial charge in [-0.25, -0.2) is 9.78 Å². The first-order chi connectivity index (χ1) is 23.1. The number of hydrogen-bond acceptors (Lipinski definition) is 9. The summed E-state index contributed by atoms with van der Waals surface area (Å²) in [5, 5.41) is 4.79. The van der Waals surface area contributed by atoms with Crippen molar-refractivity contribution < 1.29 is 28.6 Å². The number of allylic oxidation sites excluding steroid dienone is 1. The summed E-state index contributed by atoms with van der Waals surface area (Å²) >= 11 is 1.70.